The number of rotatable bonds is 7. The molecule has 4 aromatic carbocycles. The highest BCUT2D eigenvalue weighted by Gasteiger charge is 2.22. The largest absolute Gasteiger partial charge is 0.476 e. The molecule has 15 nitrogen and oxygen atoms in total. The number of nitrogen functional groups attached to an aromatic ring is 2. The molecule has 1 amide bonds. The summed E-state index contributed by atoms with van der Waals surface area (Å²) in [6.45, 7) is 7.09. The number of nitrogens with one attached hydrogen (secondary N) is 1. The number of aromatic nitrogens is 6. The lowest BCUT2D eigenvalue weighted by molar-refractivity contribution is 0.0691. The third-order valence-electron chi connectivity index (χ3n) is 9.59. The van der Waals surface area contributed by atoms with Crippen molar-refractivity contribution in [1.29, 1.82) is 0 Å². The summed E-state index contributed by atoms with van der Waals surface area (Å²) in [5, 5.41) is 14.6. The second-order valence-electron chi connectivity index (χ2n) is 14.3. The van der Waals surface area contributed by atoms with E-state index in [0.29, 0.717) is 49.0 Å². The number of anilines is 2. The van der Waals surface area contributed by atoms with E-state index in [-0.39, 0.29) is 40.2 Å². The molecule has 320 valence electrons. The zero-order chi connectivity index (χ0) is 45.5. The lowest BCUT2D eigenvalue weighted by atomic mass is 10.1. The molecule has 8 aromatic rings. The number of benzene rings is 4. The Morgan fingerprint density at radius 3 is 1.51 bits per heavy atom. The smallest absolute Gasteiger partial charge is 0.358 e. The number of aryl methyl sites for hydroxylation is 2. The lowest BCUT2D eigenvalue weighted by Gasteiger charge is -2.21. The number of carbonyl (C=O) groups is 2. The molecule has 0 unspecified atom stereocenters. The number of carboxylic acids is 1. The van der Waals surface area contributed by atoms with Crippen molar-refractivity contribution in [2.75, 3.05) is 11.5 Å². The van der Waals surface area contributed by atoms with Crippen LogP contribution in [0.1, 0.15) is 69.7 Å². The third kappa shape index (κ3) is 10.0. The normalized spacial score (nSPS) is 11.7. The summed E-state index contributed by atoms with van der Waals surface area (Å²) < 4.78 is 3.20. The summed E-state index contributed by atoms with van der Waals surface area (Å²) in [4.78, 5) is 65.0. The Morgan fingerprint density at radius 2 is 1.08 bits per heavy atom. The first kappa shape index (κ1) is 45.1. The molecule has 4 aromatic heterocycles. The van der Waals surface area contributed by atoms with Crippen LogP contribution in [-0.4, -0.2) is 46.1 Å². The van der Waals surface area contributed by atoms with E-state index in [2.05, 4.69) is 25.3 Å². The highest BCUT2D eigenvalue weighted by Crippen LogP contribution is 2.27. The Bertz CT molecular complexity index is 3110. The molecule has 8 N–H and O–H groups in total. The second-order valence-corrected chi connectivity index (χ2v) is 15.1. The van der Waals surface area contributed by atoms with Crippen LogP contribution in [0.15, 0.2) is 131 Å². The van der Waals surface area contributed by atoms with Gasteiger partial charge in [-0.05, 0) is 87.0 Å². The molecule has 0 bridgehead atoms. The first-order valence-electron chi connectivity index (χ1n) is 19.3. The van der Waals surface area contributed by atoms with Crippen molar-refractivity contribution in [3.05, 3.63) is 187 Å². The van der Waals surface area contributed by atoms with Gasteiger partial charge >= 0.3 is 5.97 Å². The minimum atomic E-state index is -1.16. The SMILES string of the molecule is C[C@H](N)c1cc2cccc(Cl)c2c(=O)n1-c1ccccc1.Cc1cnc(C(=O)N[C@@H](C)c2cc3cccc(Cl)c3c(=O)n2-c2ccccc2)c(N)n1.Cc1cnc(C(=O)O)c(N)n1. The number of halogens is 2. The Labute approximate surface area is 370 Å². The van der Waals surface area contributed by atoms with Gasteiger partial charge in [-0.15, -0.1) is 0 Å². The number of hydrogen-bond donors (Lipinski definition) is 5. The Kier molecular flexibility index (Phi) is 14.0. The molecule has 63 heavy (non-hydrogen) atoms. The van der Waals surface area contributed by atoms with E-state index in [1.54, 1.807) is 48.1 Å². The van der Waals surface area contributed by atoms with Gasteiger partial charge in [0.25, 0.3) is 17.0 Å². The Hall–Kier alpha value is -7.46. The first-order valence-corrected chi connectivity index (χ1v) is 20.1. The second kappa shape index (κ2) is 19.5. The van der Waals surface area contributed by atoms with Crippen molar-refractivity contribution in [2.45, 2.75) is 39.8 Å². The highest BCUT2D eigenvalue weighted by atomic mass is 35.5. The molecule has 8 rings (SSSR count). The van der Waals surface area contributed by atoms with Gasteiger partial charge in [-0.25, -0.2) is 24.7 Å². The molecule has 4 heterocycles. The highest BCUT2D eigenvalue weighted by molar-refractivity contribution is 6.35. The lowest BCUT2D eigenvalue weighted by Crippen LogP contribution is -2.33. The van der Waals surface area contributed by atoms with Crippen LogP contribution in [-0.2, 0) is 0 Å². The summed E-state index contributed by atoms with van der Waals surface area (Å²) in [6, 6.07) is 32.4. The molecule has 0 radical (unpaired) electrons. The summed E-state index contributed by atoms with van der Waals surface area (Å²) >= 11 is 12.5. The van der Waals surface area contributed by atoms with Gasteiger partial charge in [0.2, 0.25) is 0 Å². The number of carboxylic acid groups (broad SMARTS) is 1. The summed E-state index contributed by atoms with van der Waals surface area (Å²) in [5.74, 6) is -1.63. The molecule has 2 atom stereocenters. The minimum absolute atomic E-state index is 0.0369. The number of hydrogen-bond acceptors (Lipinski definition) is 11. The minimum Gasteiger partial charge on any atom is -0.476 e. The zero-order valence-electron chi connectivity index (χ0n) is 34.5. The summed E-state index contributed by atoms with van der Waals surface area (Å²) in [5.41, 5.74) is 20.7. The fourth-order valence-electron chi connectivity index (χ4n) is 6.69. The molecular weight excluding hydrogens is 843 g/mol. The van der Waals surface area contributed by atoms with Gasteiger partial charge in [0.05, 0.1) is 38.2 Å². The Morgan fingerprint density at radius 1 is 0.651 bits per heavy atom. The maximum Gasteiger partial charge on any atom is 0.358 e. The van der Waals surface area contributed by atoms with Gasteiger partial charge in [0.1, 0.15) is 0 Å². The van der Waals surface area contributed by atoms with Crippen LogP contribution >= 0.6 is 23.2 Å². The van der Waals surface area contributed by atoms with Gasteiger partial charge in [-0.1, -0.05) is 83.9 Å². The van der Waals surface area contributed by atoms with Gasteiger partial charge in [-0.3, -0.25) is 23.5 Å². The van der Waals surface area contributed by atoms with Gasteiger partial charge in [0.15, 0.2) is 23.0 Å². The molecule has 0 saturated carbocycles. The Balaban J connectivity index is 0.000000177. The maximum absolute atomic E-state index is 13.4. The number of fused-ring (bicyclic) bond motifs is 2. The number of para-hydroxylation sites is 2. The number of aromatic carboxylic acids is 1. The summed E-state index contributed by atoms with van der Waals surface area (Å²) in [6.07, 6.45) is 2.84. The fraction of sp³-hybridized carbons (Fsp3) is 0.130. The quantitative estimate of drug-likeness (QED) is 0.104. The topological polar surface area (TPSA) is 240 Å². The standard InChI is InChI=1S/C23H20ClN5O2.C17H15ClN2O.C6H7N3O2/c1-13-12-26-20(21(25)27-13)22(30)28-14(2)18-11-15-7-6-10-17(24)19(15)23(31)29(18)16-8-4-3-5-9-16;1-11(19)15-10-12-6-5-9-14(18)16(12)17(21)20(15)13-7-3-2-4-8-13;1-3-2-8-4(6(10)11)5(7)9-3/h3-12,14H,1-2H3,(H2,25,27)(H,28,30);2-11H,19H2,1H3;2H,1H3,(H2,7,9)(H,10,11)/t14-;11-;/m00./s1. The number of nitrogens with zero attached hydrogens (tertiary/aromatic N) is 6. The van der Waals surface area contributed by atoms with Crippen LogP contribution in [0.4, 0.5) is 11.6 Å². The van der Waals surface area contributed by atoms with Gasteiger partial charge in [0, 0.05) is 41.2 Å². The van der Waals surface area contributed by atoms with Crippen molar-refractivity contribution in [3.63, 3.8) is 0 Å². The number of carbonyl (C=O) groups excluding carboxylic acids is 1. The predicted molar refractivity (Wildman–Crippen MR) is 247 cm³/mol. The van der Waals surface area contributed by atoms with E-state index >= 15 is 0 Å². The van der Waals surface area contributed by atoms with Crippen LogP contribution in [0.5, 0.6) is 0 Å². The molecule has 17 heteroatoms. The van der Waals surface area contributed by atoms with Crippen molar-refractivity contribution < 1.29 is 14.7 Å². The average Bonchev–Trinajstić information content (AvgIpc) is 3.24. The average molecular weight is 886 g/mol. The number of pyridine rings is 2. The molecule has 0 fully saturated rings. The van der Waals surface area contributed by atoms with Crippen molar-refractivity contribution in [2.24, 2.45) is 5.73 Å². The van der Waals surface area contributed by atoms with E-state index in [0.717, 1.165) is 16.8 Å². The fourth-order valence-corrected chi connectivity index (χ4v) is 7.22. The van der Waals surface area contributed by atoms with E-state index < -0.39 is 17.9 Å². The third-order valence-corrected chi connectivity index (χ3v) is 10.2. The first-order chi connectivity index (χ1) is 30.1. The predicted octanol–water partition coefficient (Wildman–Crippen LogP) is 7.54. The number of nitrogens with two attached hydrogens (primary N) is 3. The van der Waals surface area contributed by atoms with Crippen LogP contribution in [0.25, 0.3) is 32.9 Å². The zero-order valence-corrected chi connectivity index (χ0v) is 36.0. The monoisotopic (exact) mass is 884 g/mol. The van der Waals surface area contributed by atoms with E-state index in [1.165, 1.54) is 12.4 Å². The molecular formula is C46H42Cl2N10O5. The molecule has 0 aliphatic heterocycles. The maximum atomic E-state index is 13.4. The van der Waals surface area contributed by atoms with Crippen molar-refractivity contribution in [3.8, 4) is 11.4 Å². The van der Waals surface area contributed by atoms with Crippen LogP contribution in [0, 0.1) is 13.8 Å². The van der Waals surface area contributed by atoms with Gasteiger partial charge < -0.3 is 27.6 Å². The molecule has 0 aliphatic rings. The van der Waals surface area contributed by atoms with E-state index in [1.807, 2.05) is 97.9 Å². The van der Waals surface area contributed by atoms with E-state index in [9.17, 15) is 19.2 Å². The van der Waals surface area contributed by atoms with Crippen LogP contribution in [0.3, 0.4) is 0 Å². The van der Waals surface area contributed by atoms with E-state index in [4.69, 9.17) is 45.5 Å². The summed E-state index contributed by atoms with van der Waals surface area (Å²) in [7, 11) is 0. The van der Waals surface area contributed by atoms with Crippen molar-refractivity contribution in [1.82, 2.24) is 34.4 Å². The molecule has 0 aliphatic carbocycles. The van der Waals surface area contributed by atoms with Crippen LogP contribution < -0.4 is 33.6 Å². The number of amides is 1. The van der Waals surface area contributed by atoms with Crippen molar-refractivity contribution >= 4 is 68.3 Å². The molecule has 0 spiro atoms. The molecule has 0 saturated heterocycles. The van der Waals surface area contributed by atoms with Gasteiger partial charge in [-0.2, -0.15) is 0 Å². The van der Waals surface area contributed by atoms with Crippen LogP contribution in [0.2, 0.25) is 10.0 Å².